The van der Waals surface area contributed by atoms with E-state index in [-0.39, 0.29) is 28.4 Å². The Morgan fingerprint density at radius 1 is 0.682 bits per heavy atom. The molecular formula is C20H18BrCl5F8O8Sb2. The number of ether oxygens (including phenoxy) is 6. The van der Waals surface area contributed by atoms with E-state index in [1.165, 1.54) is 39.5 Å². The van der Waals surface area contributed by atoms with Crippen LogP contribution in [-0.2, 0) is 9.47 Å². The standard InChI is InChI=1S/C10H9BrF2O4.C10H9F3O4.5ClH.3FH.2Sb/c2*1-15-8-5-6(9(14)16-2)3-4-7(8)17-10(11,12)13;;;;;;;;;;/h2*3-5H,1-2H3;8*1H;;/q;;;;;;;;;;+3;+5/p-8. The van der Waals surface area contributed by atoms with Gasteiger partial charge in [-0.3, -0.25) is 0 Å². The van der Waals surface area contributed by atoms with Crippen molar-refractivity contribution in [1.29, 1.82) is 0 Å². The van der Waals surface area contributed by atoms with Crippen LogP contribution in [0.1, 0.15) is 20.7 Å². The Hall–Kier alpha value is -0.414. The summed E-state index contributed by atoms with van der Waals surface area (Å²) < 4.78 is 117. The van der Waals surface area contributed by atoms with E-state index in [1.54, 1.807) is 0 Å². The van der Waals surface area contributed by atoms with Crippen LogP contribution >= 0.6 is 60.1 Å². The maximum atomic E-state index is 12.6. The van der Waals surface area contributed by atoms with Crippen LogP contribution in [0.5, 0.6) is 23.0 Å². The number of benzene rings is 2. The number of rotatable bonds is 7. The van der Waals surface area contributed by atoms with Crippen LogP contribution < -0.4 is 18.9 Å². The van der Waals surface area contributed by atoms with Crippen LogP contribution in [0.2, 0.25) is 0 Å². The molecule has 0 aliphatic heterocycles. The predicted octanol–water partition coefficient (Wildman–Crippen LogP) is 9.13. The van der Waals surface area contributed by atoms with E-state index in [0.717, 1.165) is 25.3 Å². The minimum atomic E-state index is -4.95. The molecule has 8 nitrogen and oxygen atoms in total. The normalized spacial score (nSPS) is 11.8. The van der Waals surface area contributed by atoms with Gasteiger partial charge in [0, 0.05) is 15.9 Å². The summed E-state index contributed by atoms with van der Waals surface area (Å²) in [6.45, 7) is 0. The van der Waals surface area contributed by atoms with E-state index in [2.05, 4.69) is 18.9 Å². The zero-order valence-electron chi connectivity index (χ0n) is 21.9. The van der Waals surface area contributed by atoms with Crippen molar-refractivity contribution < 1.29 is 68.4 Å². The molecule has 0 amide bonds. The van der Waals surface area contributed by atoms with Gasteiger partial charge in [0.05, 0.1) is 39.6 Å². The van der Waals surface area contributed by atoms with E-state index < -0.39 is 62.7 Å². The molecule has 24 heteroatoms. The summed E-state index contributed by atoms with van der Waals surface area (Å²) in [4.78, 5) is 22.3. The summed E-state index contributed by atoms with van der Waals surface area (Å²) in [6, 6.07) is 6.98. The summed E-state index contributed by atoms with van der Waals surface area (Å²) in [5, 5.41) is -3.51. The van der Waals surface area contributed by atoms with Gasteiger partial charge in [0.15, 0.2) is 23.0 Å². The maximum absolute atomic E-state index is 12.6. The second-order valence-corrected chi connectivity index (χ2v) is 46.6. The van der Waals surface area contributed by atoms with E-state index in [4.69, 9.17) is 53.6 Å². The SMILES string of the molecule is COC(=O)c1ccc(OC(F)(F)Br)c(OC)c1.COC(=O)c1ccc(OC(F)(F)F)c(OC)c1.[Cl][Sb]([Cl])([Cl])([Cl])[Cl].[F][Sb]([F])[F]. The third-order valence-electron chi connectivity index (χ3n) is 3.62. The molecule has 44 heavy (non-hydrogen) atoms. The van der Waals surface area contributed by atoms with E-state index in [9.17, 15) is 40.0 Å². The first-order valence-electron chi connectivity index (χ1n) is 10.1. The molecule has 2 rings (SSSR count). The molecule has 0 radical (unpaired) electrons. The summed E-state index contributed by atoms with van der Waals surface area (Å²) in [6.07, 6.45) is -4.82. The summed E-state index contributed by atoms with van der Waals surface area (Å²) in [7, 11) is 30.1. The average Bonchev–Trinajstić information content (AvgIpc) is 2.85. The minimum absolute atomic E-state index is 0.00650. The topological polar surface area (TPSA) is 89.5 Å². The third-order valence-corrected chi connectivity index (χ3v) is 3.78. The van der Waals surface area contributed by atoms with Crippen molar-refractivity contribution in [3.63, 3.8) is 0 Å². The monoisotopic (exact) mass is 1030 g/mol. The molecule has 0 aliphatic rings. The quantitative estimate of drug-likeness (QED) is 0.118. The molecule has 0 saturated heterocycles. The third kappa shape index (κ3) is 25.7. The van der Waals surface area contributed by atoms with Crippen LogP contribution in [0.3, 0.4) is 0 Å². The first-order valence-corrected chi connectivity index (χ1v) is 30.0. The van der Waals surface area contributed by atoms with E-state index >= 15 is 0 Å². The number of hydrogen-bond donors (Lipinski definition) is 0. The molecule has 0 aliphatic carbocycles. The Labute approximate surface area is 281 Å². The Bertz CT molecular complexity index is 1120. The zero-order valence-corrected chi connectivity index (χ0v) is 32.4. The predicted molar refractivity (Wildman–Crippen MR) is 154 cm³/mol. The molecule has 0 unspecified atom stereocenters. The molecule has 0 bridgehead atoms. The number of esters is 2. The van der Waals surface area contributed by atoms with Crippen LogP contribution in [0.15, 0.2) is 36.4 Å². The second kappa shape index (κ2) is 20.1. The Kier molecular flexibility index (Phi) is 20.8. The summed E-state index contributed by atoms with van der Waals surface area (Å²) >= 11 is -7.24. The van der Waals surface area contributed by atoms with Gasteiger partial charge in [-0.1, -0.05) is 0 Å². The number of carbonyl (C=O) groups excluding carboxylic acids is 2. The van der Waals surface area contributed by atoms with Gasteiger partial charge in [-0.25, -0.2) is 9.59 Å². The Balaban J connectivity index is 0. The van der Waals surface area contributed by atoms with Gasteiger partial charge in [0.25, 0.3) is 0 Å². The van der Waals surface area contributed by atoms with Gasteiger partial charge in [-0.15, -0.1) is 13.2 Å². The van der Waals surface area contributed by atoms with E-state index in [1.807, 2.05) is 15.9 Å². The molecule has 0 saturated carbocycles. The number of methoxy groups -OCH3 is 4. The van der Waals surface area contributed by atoms with Gasteiger partial charge in [-0.2, -0.15) is 8.78 Å². The van der Waals surface area contributed by atoms with Crippen molar-refractivity contribution in [2.24, 2.45) is 0 Å². The number of carbonyl (C=O) groups is 2. The van der Waals surface area contributed by atoms with Crippen molar-refractivity contribution in [3.05, 3.63) is 47.5 Å². The molecule has 0 atom stereocenters. The fourth-order valence-electron chi connectivity index (χ4n) is 2.24. The first-order chi connectivity index (χ1) is 19.7. The van der Waals surface area contributed by atoms with Crippen molar-refractivity contribution in [1.82, 2.24) is 0 Å². The van der Waals surface area contributed by atoms with Crippen LogP contribution in [0, 0.1) is 0 Å². The second-order valence-electron chi connectivity index (χ2n) is 6.64. The summed E-state index contributed by atoms with van der Waals surface area (Å²) in [5.74, 6) is -2.19. The van der Waals surface area contributed by atoms with Gasteiger partial charge >= 0.3 is 110 Å². The zero-order chi connectivity index (χ0) is 35.1. The first kappa shape index (κ1) is 45.7. The van der Waals surface area contributed by atoms with Crippen molar-refractivity contribution in [2.45, 2.75) is 11.4 Å². The van der Waals surface area contributed by atoms with Gasteiger partial charge < -0.3 is 28.4 Å². The van der Waals surface area contributed by atoms with Crippen LogP contribution in [-0.4, -0.2) is 85.4 Å². The van der Waals surface area contributed by atoms with Crippen LogP contribution in [0.25, 0.3) is 0 Å². The van der Waals surface area contributed by atoms with Crippen molar-refractivity contribution in [3.8, 4) is 23.0 Å². The van der Waals surface area contributed by atoms with Gasteiger partial charge in [0.1, 0.15) is 0 Å². The summed E-state index contributed by atoms with van der Waals surface area (Å²) in [5.41, 5.74) is 0.244. The fourth-order valence-corrected chi connectivity index (χ4v) is 2.42. The molecule has 254 valence electrons. The van der Waals surface area contributed by atoms with Gasteiger partial charge in [0.2, 0.25) is 0 Å². The van der Waals surface area contributed by atoms with Gasteiger partial charge in [-0.05, 0) is 36.4 Å². The Morgan fingerprint density at radius 2 is 0.977 bits per heavy atom. The molecule has 2 aromatic rings. The average molecular weight is 1040 g/mol. The molecule has 0 N–H and O–H groups in total. The molecule has 0 spiro atoms. The fraction of sp³-hybridized carbons (Fsp3) is 0.300. The number of halogens is 14. The number of hydrogen-bond acceptors (Lipinski definition) is 8. The number of alkyl halides is 6. The van der Waals surface area contributed by atoms with Crippen LogP contribution in [0.4, 0.5) is 30.4 Å². The van der Waals surface area contributed by atoms with Crippen molar-refractivity contribution in [2.75, 3.05) is 28.4 Å². The van der Waals surface area contributed by atoms with E-state index in [0.29, 0.717) is 0 Å². The molecular weight excluding hydrogens is 1020 g/mol. The molecule has 0 fully saturated rings. The Morgan fingerprint density at radius 3 is 1.20 bits per heavy atom. The molecule has 0 aromatic heterocycles. The van der Waals surface area contributed by atoms with Crippen molar-refractivity contribution >= 4 is 106 Å². The molecule has 2 aromatic carbocycles. The molecule has 0 heterocycles.